The summed E-state index contributed by atoms with van der Waals surface area (Å²) in [4.78, 5) is 15.1. The first-order chi connectivity index (χ1) is 10.5. The van der Waals surface area contributed by atoms with Gasteiger partial charge < -0.3 is 10.5 Å². The Bertz CT molecular complexity index is 784. The summed E-state index contributed by atoms with van der Waals surface area (Å²) in [6.07, 6.45) is 0. The van der Waals surface area contributed by atoms with Gasteiger partial charge in [-0.1, -0.05) is 24.3 Å². The molecule has 0 saturated carbocycles. The van der Waals surface area contributed by atoms with E-state index in [1.807, 2.05) is 19.1 Å². The number of hydrogen-bond donors (Lipinski definition) is 1. The number of carbonyl (C=O) groups is 1. The van der Waals surface area contributed by atoms with E-state index in [0.29, 0.717) is 22.5 Å². The fourth-order valence-electron chi connectivity index (χ4n) is 2.31. The van der Waals surface area contributed by atoms with Gasteiger partial charge in [0.1, 0.15) is 19.0 Å². The number of benzene rings is 2. The lowest BCUT2D eigenvalue weighted by atomic mass is 9.99. The molecule has 4 nitrogen and oxygen atoms in total. The summed E-state index contributed by atoms with van der Waals surface area (Å²) in [7, 11) is 0. The van der Waals surface area contributed by atoms with Gasteiger partial charge in [0.25, 0.3) is 0 Å². The number of anilines is 1. The van der Waals surface area contributed by atoms with Crippen LogP contribution in [0.25, 0.3) is 11.1 Å². The lowest BCUT2D eigenvalue weighted by Crippen LogP contribution is -2.23. The molecule has 1 aliphatic heterocycles. The standard InChI is InChI=1S/C17H15FN2O2/c1-10-2-3-11(7-15(10)19)13-5-4-12(6-14(13)18)16-9-22-17(21)8-20-16/h2-7H,8-9,19H2,1H3. The smallest absolute Gasteiger partial charge is 0.328 e. The van der Waals surface area contributed by atoms with Crippen LogP contribution in [0.4, 0.5) is 10.1 Å². The van der Waals surface area contributed by atoms with Gasteiger partial charge in [0.15, 0.2) is 0 Å². The van der Waals surface area contributed by atoms with Crippen molar-refractivity contribution in [3.05, 3.63) is 53.3 Å². The normalized spacial score (nSPS) is 14.5. The van der Waals surface area contributed by atoms with Crippen LogP contribution in [0.1, 0.15) is 11.1 Å². The monoisotopic (exact) mass is 298 g/mol. The molecule has 1 aliphatic rings. The van der Waals surface area contributed by atoms with Gasteiger partial charge in [-0.05, 0) is 30.2 Å². The molecular formula is C17H15FN2O2. The number of aryl methyl sites for hydroxylation is 1. The number of aliphatic imine (C=N–C) groups is 1. The van der Waals surface area contributed by atoms with Gasteiger partial charge >= 0.3 is 5.97 Å². The number of hydrogen-bond acceptors (Lipinski definition) is 4. The third kappa shape index (κ3) is 2.70. The molecule has 0 spiro atoms. The summed E-state index contributed by atoms with van der Waals surface area (Å²) in [6.45, 7) is 1.96. The fourth-order valence-corrected chi connectivity index (χ4v) is 2.31. The molecule has 2 aromatic carbocycles. The first-order valence-electron chi connectivity index (χ1n) is 6.90. The molecule has 2 aromatic rings. The molecule has 0 saturated heterocycles. The largest absolute Gasteiger partial charge is 0.458 e. The van der Waals surface area contributed by atoms with E-state index in [4.69, 9.17) is 10.5 Å². The highest BCUT2D eigenvalue weighted by Crippen LogP contribution is 2.27. The summed E-state index contributed by atoms with van der Waals surface area (Å²) in [5, 5.41) is 0. The lowest BCUT2D eigenvalue weighted by Gasteiger charge is -2.14. The molecule has 0 unspecified atom stereocenters. The number of nitrogen functional groups attached to an aromatic ring is 1. The predicted octanol–water partition coefficient (Wildman–Crippen LogP) is 2.73. The van der Waals surface area contributed by atoms with E-state index in [1.165, 1.54) is 6.07 Å². The van der Waals surface area contributed by atoms with Gasteiger partial charge in [-0.25, -0.2) is 4.39 Å². The average molecular weight is 298 g/mol. The number of ether oxygens (including phenoxy) is 1. The topological polar surface area (TPSA) is 64.7 Å². The second kappa shape index (κ2) is 5.60. The fraction of sp³-hybridized carbons (Fsp3) is 0.176. The van der Waals surface area contributed by atoms with Crippen LogP contribution in [0.2, 0.25) is 0 Å². The zero-order valence-electron chi connectivity index (χ0n) is 12.1. The Morgan fingerprint density at radius 3 is 2.59 bits per heavy atom. The van der Waals surface area contributed by atoms with Gasteiger partial charge in [-0.2, -0.15) is 0 Å². The molecule has 0 bridgehead atoms. The molecule has 112 valence electrons. The van der Waals surface area contributed by atoms with Crippen molar-refractivity contribution < 1.29 is 13.9 Å². The maximum absolute atomic E-state index is 14.4. The van der Waals surface area contributed by atoms with E-state index in [1.54, 1.807) is 18.2 Å². The van der Waals surface area contributed by atoms with Crippen LogP contribution in [-0.4, -0.2) is 24.8 Å². The van der Waals surface area contributed by atoms with Crippen LogP contribution in [0, 0.1) is 12.7 Å². The van der Waals surface area contributed by atoms with Crippen LogP contribution < -0.4 is 5.73 Å². The number of esters is 1. The first kappa shape index (κ1) is 14.3. The minimum absolute atomic E-state index is 0.0206. The van der Waals surface area contributed by atoms with Crippen LogP contribution >= 0.6 is 0 Å². The molecule has 0 aromatic heterocycles. The third-order valence-corrected chi connectivity index (χ3v) is 3.66. The molecule has 0 atom stereocenters. The minimum atomic E-state index is -0.365. The lowest BCUT2D eigenvalue weighted by molar-refractivity contribution is -0.140. The molecule has 2 N–H and O–H groups in total. The van der Waals surface area contributed by atoms with Crippen molar-refractivity contribution in [3.8, 4) is 11.1 Å². The second-order valence-electron chi connectivity index (χ2n) is 5.19. The number of carbonyl (C=O) groups excluding carboxylic acids is 1. The average Bonchev–Trinajstić information content (AvgIpc) is 2.51. The quantitative estimate of drug-likeness (QED) is 0.685. The van der Waals surface area contributed by atoms with E-state index in [9.17, 15) is 9.18 Å². The van der Waals surface area contributed by atoms with Crippen molar-refractivity contribution in [2.45, 2.75) is 6.92 Å². The summed E-state index contributed by atoms with van der Waals surface area (Å²) >= 11 is 0. The van der Waals surface area contributed by atoms with E-state index in [2.05, 4.69) is 4.99 Å². The molecule has 0 radical (unpaired) electrons. The van der Waals surface area contributed by atoms with Crippen molar-refractivity contribution >= 4 is 17.4 Å². The van der Waals surface area contributed by atoms with Gasteiger partial charge in [-0.3, -0.25) is 9.79 Å². The maximum Gasteiger partial charge on any atom is 0.328 e. The van der Waals surface area contributed by atoms with Crippen molar-refractivity contribution in [1.82, 2.24) is 0 Å². The van der Waals surface area contributed by atoms with Gasteiger partial charge in [0.2, 0.25) is 0 Å². The van der Waals surface area contributed by atoms with Crippen molar-refractivity contribution in [2.24, 2.45) is 4.99 Å². The summed E-state index contributed by atoms with van der Waals surface area (Å²) < 4.78 is 19.3. The Hall–Kier alpha value is -2.69. The minimum Gasteiger partial charge on any atom is -0.458 e. The highest BCUT2D eigenvalue weighted by Gasteiger charge is 2.16. The molecular weight excluding hydrogens is 283 g/mol. The molecule has 0 fully saturated rings. The SMILES string of the molecule is Cc1ccc(-c2ccc(C3=NCC(=O)OC3)cc2F)cc1N. The number of nitrogens with two attached hydrogens (primary N) is 1. The van der Waals surface area contributed by atoms with Crippen LogP contribution in [0.5, 0.6) is 0 Å². The Balaban J connectivity index is 1.95. The zero-order valence-corrected chi connectivity index (χ0v) is 12.1. The second-order valence-corrected chi connectivity index (χ2v) is 5.19. The highest BCUT2D eigenvalue weighted by atomic mass is 19.1. The predicted molar refractivity (Wildman–Crippen MR) is 83.3 cm³/mol. The van der Waals surface area contributed by atoms with E-state index in [-0.39, 0.29) is 24.9 Å². The number of cyclic esters (lactones) is 1. The third-order valence-electron chi connectivity index (χ3n) is 3.66. The van der Waals surface area contributed by atoms with Crippen LogP contribution in [0.15, 0.2) is 41.4 Å². The van der Waals surface area contributed by atoms with Crippen molar-refractivity contribution in [1.29, 1.82) is 0 Å². The Morgan fingerprint density at radius 1 is 1.18 bits per heavy atom. The maximum atomic E-state index is 14.4. The molecule has 0 aliphatic carbocycles. The molecule has 0 amide bonds. The van der Waals surface area contributed by atoms with Crippen LogP contribution in [0.3, 0.4) is 0 Å². The summed E-state index contributed by atoms with van der Waals surface area (Å²) in [5.74, 6) is -0.726. The number of rotatable bonds is 2. The van der Waals surface area contributed by atoms with Gasteiger partial charge in [0, 0.05) is 16.8 Å². The highest BCUT2D eigenvalue weighted by molar-refractivity contribution is 6.04. The molecule has 3 rings (SSSR count). The van der Waals surface area contributed by atoms with Gasteiger partial charge in [0.05, 0.1) is 5.71 Å². The number of nitrogens with zero attached hydrogens (tertiary/aromatic N) is 1. The van der Waals surface area contributed by atoms with E-state index in [0.717, 1.165) is 11.1 Å². The molecule has 1 heterocycles. The zero-order chi connectivity index (χ0) is 15.7. The molecule has 22 heavy (non-hydrogen) atoms. The van der Waals surface area contributed by atoms with Gasteiger partial charge in [-0.15, -0.1) is 0 Å². The van der Waals surface area contributed by atoms with E-state index >= 15 is 0 Å². The Morgan fingerprint density at radius 2 is 1.95 bits per heavy atom. The van der Waals surface area contributed by atoms with Crippen molar-refractivity contribution in [2.75, 3.05) is 18.9 Å². The van der Waals surface area contributed by atoms with Crippen LogP contribution in [-0.2, 0) is 9.53 Å². The van der Waals surface area contributed by atoms with Crippen molar-refractivity contribution in [3.63, 3.8) is 0 Å². The Kier molecular flexibility index (Phi) is 3.63. The Labute approximate surface area is 127 Å². The summed E-state index contributed by atoms with van der Waals surface area (Å²) in [6, 6.07) is 10.3. The number of halogens is 1. The summed E-state index contributed by atoms with van der Waals surface area (Å²) in [5.41, 5.74) is 9.86. The van der Waals surface area contributed by atoms with E-state index < -0.39 is 0 Å². The molecule has 5 heteroatoms. The first-order valence-corrected chi connectivity index (χ1v) is 6.90.